The van der Waals surface area contributed by atoms with Gasteiger partial charge in [0.1, 0.15) is 6.04 Å². The van der Waals surface area contributed by atoms with Gasteiger partial charge in [0.2, 0.25) is 5.91 Å². The molecular formula is C26H28N4O3. The first-order valence-electron chi connectivity index (χ1n) is 11.6. The number of carbonyl (C=O) groups excluding carboxylic acids is 3. The number of urea groups is 1. The van der Waals surface area contributed by atoms with Crippen molar-refractivity contribution in [2.24, 2.45) is 0 Å². The topological polar surface area (TPSA) is 74.7 Å². The summed E-state index contributed by atoms with van der Waals surface area (Å²) in [5.41, 5.74) is 3.43. The molecule has 1 atom stereocenters. The van der Waals surface area contributed by atoms with Crippen molar-refractivity contribution in [3.05, 3.63) is 71.9 Å². The molecule has 0 saturated carbocycles. The zero-order chi connectivity index (χ0) is 22.8. The fourth-order valence-corrected chi connectivity index (χ4v) is 4.88. The summed E-state index contributed by atoms with van der Waals surface area (Å²) in [6.07, 6.45) is 4.25. The molecule has 1 N–H and O–H groups in total. The minimum atomic E-state index is -0.411. The summed E-state index contributed by atoms with van der Waals surface area (Å²) in [5, 5.41) is 4.17. The van der Waals surface area contributed by atoms with Crippen LogP contribution in [-0.4, -0.2) is 51.3 Å². The number of para-hydroxylation sites is 1. The lowest BCUT2D eigenvalue weighted by Crippen LogP contribution is -2.39. The Balaban J connectivity index is 1.05. The van der Waals surface area contributed by atoms with E-state index >= 15 is 0 Å². The molecular weight excluding hydrogens is 416 g/mol. The number of imide groups is 1. The zero-order valence-corrected chi connectivity index (χ0v) is 18.6. The normalized spacial score (nSPS) is 17.4. The number of amides is 4. The molecule has 0 bridgehead atoms. The first-order valence-corrected chi connectivity index (χ1v) is 11.6. The SMILES string of the molecule is O=C(CCCN1C(=O)C2Cc3ccccc3CN2C1=O)NCCCn1ccc2ccccc21. The number of hydrogen-bond acceptors (Lipinski definition) is 3. The number of fused-ring (bicyclic) bond motifs is 3. The fourth-order valence-electron chi connectivity index (χ4n) is 4.88. The van der Waals surface area contributed by atoms with Gasteiger partial charge in [0.05, 0.1) is 0 Å². The summed E-state index contributed by atoms with van der Waals surface area (Å²) in [6.45, 7) is 2.19. The number of nitrogens with one attached hydrogen (secondary N) is 1. The molecule has 1 fully saturated rings. The van der Waals surface area contributed by atoms with E-state index in [9.17, 15) is 14.4 Å². The van der Waals surface area contributed by atoms with Gasteiger partial charge in [-0.05, 0) is 41.5 Å². The molecule has 1 unspecified atom stereocenters. The van der Waals surface area contributed by atoms with E-state index in [1.807, 2.05) is 36.4 Å². The number of aromatic nitrogens is 1. The average Bonchev–Trinajstić information content (AvgIpc) is 3.35. The van der Waals surface area contributed by atoms with Crippen molar-refractivity contribution in [2.75, 3.05) is 13.1 Å². The largest absolute Gasteiger partial charge is 0.356 e. The molecule has 170 valence electrons. The van der Waals surface area contributed by atoms with Crippen molar-refractivity contribution in [1.82, 2.24) is 19.7 Å². The Morgan fingerprint density at radius 2 is 1.73 bits per heavy atom. The van der Waals surface area contributed by atoms with E-state index in [0.29, 0.717) is 32.4 Å². The Morgan fingerprint density at radius 1 is 0.939 bits per heavy atom. The maximum absolute atomic E-state index is 12.8. The minimum Gasteiger partial charge on any atom is -0.356 e. The monoisotopic (exact) mass is 444 g/mol. The van der Waals surface area contributed by atoms with E-state index in [4.69, 9.17) is 0 Å². The van der Waals surface area contributed by atoms with Gasteiger partial charge in [0.15, 0.2) is 0 Å². The van der Waals surface area contributed by atoms with E-state index in [-0.39, 0.29) is 24.4 Å². The maximum atomic E-state index is 12.8. The number of rotatable bonds is 8. The predicted molar refractivity (Wildman–Crippen MR) is 125 cm³/mol. The number of aryl methyl sites for hydroxylation is 1. The van der Waals surface area contributed by atoms with Crippen LogP contribution in [0.2, 0.25) is 0 Å². The Bertz CT molecular complexity index is 1160. The lowest BCUT2D eigenvalue weighted by atomic mass is 9.95. The third kappa shape index (κ3) is 4.23. The fraction of sp³-hybridized carbons (Fsp3) is 0.346. The van der Waals surface area contributed by atoms with Gasteiger partial charge in [-0.3, -0.25) is 14.5 Å². The molecule has 7 heteroatoms. The van der Waals surface area contributed by atoms with E-state index in [1.54, 1.807) is 4.90 Å². The van der Waals surface area contributed by atoms with Crippen molar-refractivity contribution >= 4 is 28.7 Å². The van der Waals surface area contributed by atoms with Crippen LogP contribution < -0.4 is 5.32 Å². The molecule has 4 amide bonds. The van der Waals surface area contributed by atoms with Gasteiger partial charge in [0.25, 0.3) is 5.91 Å². The molecule has 3 heterocycles. The van der Waals surface area contributed by atoms with E-state index in [2.05, 4.69) is 34.3 Å². The molecule has 5 rings (SSSR count). The summed E-state index contributed by atoms with van der Waals surface area (Å²) in [7, 11) is 0. The van der Waals surface area contributed by atoms with Crippen LogP contribution in [0.5, 0.6) is 0 Å². The maximum Gasteiger partial charge on any atom is 0.327 e. The lowest BCUT2D eigenvalue weighted by molar-refractivity contribution is -0.129. The second-order valence-electron chi connectivity index (χ2n) is 8.76. The quantitative estimate of drug-likeness (QED) is 0.428. The highest BCUT2D eigenvalue weighted by Gasteiger charge is 2.46. The number of benzene rings is 2. The van der Waals surface area contributed by atoms with Crippen molar-refractivity contribution in [3.8, 4) is 0 Å². The van der Waals surface area contributed by atoms with E-state index < -0.39 is 6.04 Å². The van der Waals surface area contributed by atoms with Gasteiger partial charge in [-0.2, -0.15) is 0 Å². The van der Waals surface area contributed by atoms with Crippen LogP contribution >= 0.6 is 0 Å². The van der Waals surface area contributed by atoms with Crippen LogP contribution in [0.4, 0.5) is 4.79 Å². The van der Waals surface area contributed by atoms with Gasteiger partial charge >= 0.3 is 6.03 Å². The van der Waals surface area contributed by atoms with E-state index in [0.717, 1.165) is 24.1 Å². The molecule has 1 saturated heterocycles. The summed E-state index contributed by atoms with van der Waals surface area (Å²) >= 11 is 0. The van der Waals surface area contributed by atoms with Crippen LogP contribution in [0.15, 0.2) is 60.8 Å². The highest BCUT2D eigenvalue weighted by atomic mass is 16.2. The highest BCUT2D eigenvalue weighted by molar-refractivity contribution is 6.04. The van der Waals surface area contributed by atoms with Gasteiger partial charge < -0.3 is 14.8 Å². The van der Waals surface area contributed by atoms with Crippen molar-refractivity contribution < 1.29 is 14.4 Å². The Kier molecular flexibility index (Phi) is 5.86. The summed E-state index contributed by atoms with van der Waals surface area (Å²) < 4.78 is 2.19. The minimum absolute atomic E-state index is 0.0448. The van der Waals surface area contributed by atoms with Crippen molar-refractivity contribution in [3.63, 3.8) is 0 Å². The van der Waals surface area contributed by atoms with Crippen molar-refractivity contribution in [1.29, 1.82) is 0 Å². The summed E-state index contributed by atoms with van der Waals surface area (Å²) in [4.78, 5) is 40.8. The molecule has 0 radical (unpaired) electrons. The second kappa shape index (κ2) is 9.10. The Morgan fingerprint density at radius 3 is 2.61 bits per heavy atom. The number of hydrogen-bond donors (Lipinski definition) is 1. The van der Waals surface area contributed by atoms with Crippen LogP contribution in [0.1, 0.15) is 30.4 Å². The van der Waals surface area contributed by atoms with E-state index in [1.165, 1.54) is 15.8 Å². The van der Waals surface area contributed by atoms with Gasteiger partial charge in [-0.1, -0.05) is 42.5 Å². The smallest absolute Gasteiger partial charge is 0.327 e. The first kappa shape index (κ1) is 21.2. The van der Waals surface area contributed by atoms with Crippen LogP contribution in [0.25, 0.3) is 10.9 Å². The molecule has 3 aromatic rings. The number of nitrogens with zero attached hydrogens (tertiary/aromatic N) is 3. The van der Waals surface area contributed by atoms with Crippen molar-refractivity contribution in [2.45, 2.75) is 44.8 Å². The third-order valence-electron chi connectivity index (χ3n) is 6.64. The van der Waals surface area contributed by atoms with Crippen LogP contribution in [0, 0.1) is 0 Å². The highest BCUT2D eigenvalue weighted by Crippen LogP contribution is 2.30. The Labute approximate surface area is 193 Å². The number of carbonyl (C=O) groups is 3. The second-order valence-corrected chi connectivity index (χ2v) is 8.76. The summed E-state index contributed by atoms with van der Waals surface area (Å²) in [5.74, 6) is -0.189. The molecule has 7 nitrogen and oxygen atoms in total. The zero-order valence-electron chi connectivity index (χ0n) is 18.6. The standard InChI is InChI=1S/C26H28N4O3/c31-24(27-13-6-14-28-16-12-19-7-3-4-10-22(19)28)11-5-15-29-25(32)23-17-20-8-1-2-9-21(20)18-30(23)26(29)33/h1-4,7-10,12,16,23H,5-6,11,13-15,17-18H2,(H,27,31). The molecule has 33 heavy (non-hydrogen) atoms. The third-order valence-corrected chi connectivity index (χ3v) is 6.64. The van der Waals surface area contributed by atoms with Crippen LogP contribution in [0.3, 0.4) is 0 Å². The molecule has 2 aliphatic heterocycles. The van der Waals surface area contributed by atoms with Gasteiger partial charge in [-0.25, -0.2) is 4.79 Å². The van der Waals surface area contributed by atoms with Gasteiger partial charge in [0, 0.05) is 50.7 Å². The first-order chi connectivity index (χ1) is 16.1. The van der Waals surface area contributed by atoms with Gasteiger partial charge in [-0.15, -0.1) is 0 Å². The molecule has 0 aliphatic carbocycles. The molecule has 0 spiro atoms. The van der Waals surface area contributed by atoms with Crippen LogP contribution in [-0.2, 0) is 29.1 Å². The lowest BCUT2D eigenvalue weighted by Gasteiger charge is -2.28. The average molecular weight is 445 g/mol. The molecule has 1 aromatic heterocycles. The predicted octanol–water partition coefficient (Wildman–Crippen LogP) is 3.32. The summed E-state index contributed by atoms with van der Waals surface area (Å²) in [6, 6.07) is 17.7. The molecule has 2 aliphatic rings. The Hall–Kier alpha value is -3.61. The molecule has 2 aromatic carbocycles.